The van der Waals surface area contributed by atoms with E-state index in [1.54, 1.807) is 0 Å². The van der Waals surface area contributed by atoms with Gasteiger partial charge in [-0.05, 0) is 12.3 Å². The van der Waals surface area contributed by atoms with Crippen LogP contribution in [0.3, 0.4) is 0 Å². The topological polar surface area (TPSA) is 75.3 Å². The van der Waals surface area contributed by atoms with Gasteiger partial charge in [-0.2, -0.15) is 10.5 Å². The van der Waals surface area contributed by atoms with Crippen molar-refractivity contribution in [1.29, 1.82) is 10.5 Å². The Morgan fingerprint density at radius 3 is 2.23 bits per heavy atom. The zero-order chi connectivity index (χ0) is 16.5. The van der Waals surface area contributed by atoms with Gasteiger partial charge in [0.15, 0.2) is 0 Å². The highest BCUT2D eigenvalue weighted by Gasteiger charge is 2.12. The Morgan fingerprint density at radius 2 is 1.59 bits per heavy atom. The molecule has 0 amide bonds. The van der Waals surface area contributed by atoms with E-state index in [1.165, 1.54) is 19.3 Å². The molecule has 0 aliphatic carbocycles. The summed E-state index contributed by atoms with van der Waals surface area (Å²) in [5.74, 6) is 0.596. The first-order chi connectivity index (χ1) is 10.8. The maximum atomic E-state index is 8.56. The first-order valence-electron chi connectivity index (χ1n) is 8.29. The molecule has 0 heterocycles. The summed E-state index contributed by atoms with van der Waals surface area (Å²) in [7, 11) is 0. The van der Waals surface area contributed by atoms with Crippen molar-refractivity contribution >= 4 is 0 Å². The highest BCUT2D eigenvalue weighted by molar-refractivity contribution is 4.69. The molecule has 22 heavy (non-hydrogen) atoms. The molecule has 5 nitrogen and oxygen atoms in total. The zero-order valence-corrected chi connectivity index (χ0v) is 14.1. The first-order valence-corrected chi connectivity index (χ1v) is 8.29. The van der Waals surface area contributed by atoms with Crippen LogP contribution in [-0.2, 0) is 14.2 Å². The van der Waals surface area contributed by atoms with Crippen LogP contribution >= 0.6 is 0 Å². The summed E-state index contributed by atoms with van der Waals surface area (Å²) in [6, 6.07) is 4.10. The van der Waals surface area contributed by atoms with Gasteiger partial charge in [0.2, 0.25) is 0 Å². The summed E-state index contributed by atoms with van der Waals surface area (Å²) in [5, 5.41) is 17.0. The summed E-state index contributed by atoms with van der Waals surface area (Å²) in [6.07, 6.45) is 5.34. The molecule has 2 unspecified atom stereocenters. The minimum atomic E-state index is -0.171. The van der Waals surface area contributed by atoms with Crippen LogP contribution in [0.1, 0.15) is 52.4 Å². The molecule has 126 valence electrons. The Morgan fingerprint density at radius 1 is 0.909 bits per heavy atom. The molecule has 0 aromatic heterocycles. The predicted octanol–water partition coefficient (Wildman–Crippen LogP) is 3.45. The molecule has 0 saturated carbocycles. The third-order valence-electron chi connectivity index (χ3n) is 3.43. The Balaban J connectivity index is 3.98. The largest absolute Gasteiger partial charge is 0.378 e. The maximum Gasteiger partial charge on any atom is 0.104 e. The molecule has 0 radical (unpaired) electrons. The predicted molar refractivity (Wildman–Crippen MR) is 85.1 cm³/mol. The minimum absolute atomic E-state index is 0.171. The Labute approximate surface area is 135 Å². The van der Waals surface area contributed by atoms with Gasteiger partial charge in [-0.25, -0.2) is 0 Å². The molecular weight excluding hydrogens is 280 g/mol. The van der Waals surface area contributed by atoms with E-state index < -0.39 is 0 Å². The number of hydrogen-bond donors (Lipinski definition) is 0. The van der Waals surface area contributed by atoms with E-state index in [0.717, 1.165) is 13.0 Å². The number of nitriles is 2. The third-order valence-corrected chi connectivity index (χ3v) is 3.43. The van der Waals surface area contributed by atoms with Crippen molar-refractivity contribution in [2.24, 2.45) is 5.92 Å². The SMILES string of the molecule is CCCCC(CC)COCC(COCCC#N)OCCC#N. The summed E-state index contributed by atoms with van der Waals surface area (Å²) in [4.78, 5) is 0. The lowest BCUT2D eigenvalue weighted by atomic mass is 10.0. The molecule has 0 rings (SSSR count). The lowest BCUT2D eigenvalue weighted by molar-refractivity contribution is -0.0631. The number of nitrogens with zero attached hydrogens (tertiary/aromatic N) is 2. The Kier molecular flexibility index (Phi) is 15.4. The van der Waals surface area contributed by atoms with Crippen molar-refractivity contribution in [3.63, 3.8) is 0 Å². The van der Waals surface area contributed by atoms with E-state index in [9.17, 15) is 0 Å². The lowest BCUT2D eigenvalue weighted by Gasteiger charge is -2.20. The second-order valence-corrected chi connectivity index (χ2v) is 5.34. The monoisotopic (exact) mass is 310 g/mol. The van der Waals surface area contributed by atoms with Crippen LogP contribution in [0, 0.1) is 28.6 Å². The van der Waals surface area contributed by atoms with Crippen LogP contribution < -0.4 is 0 Å². The van der Waals surface area contributed by atoms with E-state index in [2.05, 4.69) is 19.9 Å². The van der Waals surface area contributed by atoms with Gasteiger partial charge in [0.05, 0.1) is 51.4 Å². The zero-order valence-electron chi connectivity index (χ0n) is 14.1. The van der Waals surface area contributed by atoms with Gasteiger partial charge in [-0.15, -0.1) is 0 Å². The van der Waals surface area contributed by atoms with Crippen LogP contribution in [-0.4, -0.2) is 39.1 Å². The molecule has 0 saturated heterocycles. The molecule has 0 aromatic rings. The Bertz CT molecular complexity index is 323. The summed E-state index contributed by atoms with van der Waals surface area (Å²) in [6.45, 7) is 6.80. The normalized spacial score (nSPS) is 13.3. The molecule has 0 N–H and O–H groups in total. The van der Waals surface area contributed by atoms with Crippen LogP contribution in [0.5, 0.6) is 0 Å². The van der Waals surface area contributed by atoms with Gasteiger partial charge in [0.1, 0.15) is 6.10 Å². The first kappa shape index (κ1) is 20.9. The maximum absolute atomic E-state index is 8.56. The molecule has 0 aliphatic heterocycles. The fourth-order valence-corrected chi connectivity index (χ4v) is 2.01. The molecule has 0 aromatic carbocycles. The summed E-state index contributed by atoms with van der Waals surface area (Å²) >= 11 is 0. The average molecular weight is 310 g/mol. The lowest BCUT2D eigenvalue weighted by Crippen LogP contribution is -2.27. The molecule has 0 fully saturated rings. The third kappa shape index (κ3) is 12.6. The van der Waals surface area contributed by atoms with Gasteiger partial charge in [-0.1, -0.05) is 33.1 Å². The fourth-order valence-electron chi connectivity index (χ4n) is 2.01. The number of hydrogen-bond acceptors (Lipinski definition) is 5. The highest BCUT2D eigenvalue weighted by Crippen LogP contribution is 2.13. The van der Waals surface area contributed by atoms with E-state index >= 15 is 0 Å². The summed E-state index contributed by atoms with van der Waals surface area (Å²) in [5.41, 5.74) is 0. The molecule has 0 spiro atoms. The number of ether oxygens (including phenoxy) is 3. The van der Waals surface area contributed by atoms with Crippen molar-refractivity contribution in [1.82, 2.24) is 0 Å². The van der Waals surface area contributed by atoms with Gasteiger partial charge in [-0.3, -0.25) is 0 Å². The van der Waals surface area contributed by atoms with Crippen molar-refractivity contribution in [2.45, 2.75) is 58.5 Å². The van der Waals surface area contributed by atoms with Crippen LogP contribution in [0.15, 0.2) is 0 Å². The van der Waals surface area contributed by atoms with Crippen LogP contribution in [0.2, 0.25) is 0 Å². The molecule has 2 atom stereocenters. The van der Waals surface area contributed by atoms with E-state index in [0.29, 0.717) is 45.2 Å². The molecule has 5 heteroatoms. The quantitative estimate of drug-likeness (QED) is 0.433. The average Bonchev–Trinajstić information content (AvgIpc) is 2.54. The van der Waals surface area contributed by atoms with E-state index in [4.69, 9.17) is 24.7 Å². The van der Waals surface area contributed by atoms with Crippen molar-refractivity contribution in [3.05, 3.63) is 0 Å². The van der Waals surface area contributed by atoms with Gasteiger partial charge < -0.3 is 14.2 Å². The second kappa shape index (κ2) is 16.2. The van der Waals surface area contributed by atoms with E-state index in [1.807, 2.05) is 6.07 Å². The fraction of sp³-hybridized carbons (Fsp3) is 0.882. The summed E-state index contributed by atoms with van der Waals surface area (Å²) < 4.78 is 16.8. The van der Waals surface area contributed by atoms with Crippen molar-refractivity contribution < 1.29 is 14.2 Å². The van der Waals surface area contributed by atoms with Crippen LogP contribution in [0.4, 0.5) is 0 Å². The Hall–Kier alpha value is -1.14. The molecule has 0 bridgehead atoms. The molecule has 0 aliphatic rings. The smallest absolute Gasteiger partial charge is 0.104 e. The van der Waals surface area contributed by atoms with Crippen molar-refractivity contribution in [2.75, 3.05) is 33.0 Å². The van der Waals surface area contributed by atoms with Gasteiger partial charge in [0, 0.05) is 6.61 Å². The minimum Gasteiger partial charge on any atom is -0.378 e. The van der Waals surface area contributed by atoms with Crippen molar-refractivity contribution in [3.8, 4) is 12.1 Å². The van der Waals surface area contributed by atoms with Gasteiger partial charge >= 0.3 is 0 Å². The highest BCUT2D eigenvalue weighted by atomic mass is 16.6. The number of rotatable bonds is 15. The number of unbranched alkanes of at least 4 members (excludes halogenated alkanes) is 1. The van der Waals surface area contributed by atoms with Gasteiger partial charge in [0.25, 0.3) is 0 Å². The second-order valence-electron chi connectivity index (χ2n) is 5.34. The van der Waals surface area contributed by atoms with Crippen LogP contribution in [0.25, 0.3) is 0 Å². The molecular formula is C17H30N2O3. The van der Waals surface area contributed by atoms with E-state index in [-0.39, 0.29) is 6.10 Å². The standard InChI is InChI=1S/C17H30N2O3/c1-3-5-8-16(4-2)13-21-15-17(22-12-7-10-19)14-20-11-6-9-18/h16-17H,3-8,11-15H2,1-2H3.